The molecule has 0 fully saturated rings. The Balaban J connectivity index is 1.42. The summed E-state index contributed by atoms with van der Waals surface area (Å²) < 4.78 is 22.2. The van der Waals surface area contributed by atoms with E-state index in [1.165, 1.54) is 13.4 Å². The topological polar surface area (TPSA) is 83.1 Å². The van der Waals surface area contributed by atoms with Crippen LogP contribution in [0.15, 0.2) is 78.1 Å². The van der Waals surface area contributed by atoms with Crippen molar-refractivity contribution in [3.05, 3.63) is 88.7 Å². The van der Waals surface area contributed by atoms with E-state index in [4.69, 9.17) is 30.5 Å². The van der Waals surface area contributed by atoms with E-state index in [2.05, 4.69) is 5.32 Å². The maximum absolute atomic E-state index is 12.3. The highest BCUT2D eigenvalue weighted by atomic mass is 35.5. The van der Waals surface area contributed by atoms with Crippen molar-refractivity contribution >= 4 is 29.4 Å². The zero-order valence-electron chi connectivity index (χ0n) is 18.0. The summed E-state index contributed by atoms with van der Waals surface area (Å²) in [6, 6.07) is 16.5. The molecule has 2 aliphatic rings. The number of allylic oxidation sites excluding steroid dienone is 1. The van der Waals surface area contributed by atoms with E-state index in [9.17, 15) is 9.59 Å². The second kappa shape index (κ2) is 10.6. The van der Waals surface area contributed by atoms with Crippen LogP contribution in [0.5, 0.6) is 0 Å². The third-order valence-electron chi connectivity index (χ3n) is 5.66. The molecule has 1 heterocycles. The number of benzene rings is 2. The summed E-state index contributed by atoms with van der Waals surface area (Å²) >= 11 is 5.87. The Labute approximate surface area is 196 Å². The Morgan fingerprint density at radius 1 is 1.09 bits per heavy atom. The lowest BCUT2D eigenvalue weighted by Crippen LogP contribution is -2.37. The summed E-state index contributed by atoms with van der Waals surface area (Å²) in [4.78, 5) is 24.5. The predicted molar refractivity (Wildman–Crippen MR) is 122 cm³/mol. The lowest BCUT2D eigenvalue weighted by molar-refractivity contribution is -0.161. The fourth-order valence-electron chi connectivity index (χ4n) is 4.02. The van der Waals surface area contributed by atoms with Crippen LogP contribution in [0.2, 0.25) is 5.02 Å². The SMILES string of the molecule is COC(=O)C1=CO[C@@H](OCc2ccccc2)[C@@H]2C(COC(=O)Nc3ccc(Cl)cc3)=CC[C@H]12. The average molecular weight is 470 g/mol. The number of carbonyl (C=O) groups is 2. The second-order valence-electron chi connectivity index (χ2n) is 7.72. The Hall–Kier alpha value is -3.29. The number of rotatable bonds is 7. The minimum atomic E-state index is -0.625. The van der Waals surface area contributed by atoms with Crippen LogP contribution < -0.4 is 5.32 Å². The molecule has 0 saturated carbocycles. The number of fused-ring (bicyclic) bond motifs is 1. The average Bonchev–Trinajstić information content (AvgIpc) is 3.27. The first-order valence-corrected chi connectivity index (χ1v) is 10.9. The van der Waals surface area contributed by atoms with Gasteiger partial charge in [-0.05, 0) is 41.8 Å². The number of nitrogens with one attached hydrogen (secondary N) is 1. The summed E-state index contributed by atoms with van der Waals surface area (Å²) in [5.74, 6) is -0.899. The molecule has 7 nitrogen and oxygen atoms in total. The third-order valence-corrected chi connectivity index (χ3v) is 5.91. The minimum Gasteiger partial charge on any atom is -0.471 e. The van der Waals surface area contributed by atoms with Gasteiger partial charge in [-0.15, -0.1) is 0 Å². The van der Waals surface area contributed by atoms with Gasteiger partial charge in [-0.3, -0.25) is 5.32 Å². The van der Waals surface area contributed by atoms with Gasteiger partial charge in [-0.1, -0.05) is 48.0 Å². The maximum atomic E-state index is 12.3. The fourth-order valence-corrected chi connectivity index (χ4v) is 4.15. The number of esters is 1. The van der Waals surface area contributed by atoms with E-state index in [0.29, 0.717) is 29.3 Å². The van der Waals surface area contributed by atoms with E-state index in [1.807, 2.05) is 36.4 Å². The highest BCUT2D eigenvalue weighted by molar-refractivity contribution is 6.30. The molecule has 0 bridgehead atoms. The van der Waals surface area contributed by atoms with E-state index < -0.39 is 18.4 Å². The molecule has 3 atom stereocenters. The monoisotopic (exact) mass is 469 g/mol. The summed E-state index contributed by atoms with van der Waals surface area (Å²) in [7, 11) is 1.34. The van der Waals surface area contributed by atoms with Crippen LogP contribution in [0.1, 0.15) is 12.0 Å². The molecular weight excluding hydrogens is 446 g/mol. The number of anilines is 1. The molecule has 1 N–H and O–H groups in total. The number of methoxy groups -OCH3 is 1. The van der Waals surface area contributed by atoms with Crippen LogP contribution >= 0.6 is 11.6 Å². The zero-order chi connectivity index (χ0) is 23.2. The number of hydrogen-bond donors (Lipinski definition) is 1. The van der Waals surface area contributed by atoms with Crippen molar-refractivity contribution in [2.75, 3.05) is 19.0 Å². The lowest BCUT2D eigenvalue weighted by atomic mass is 9.83. The molecule has 0 unspecified atom stereocenters. The molecule has 33 heavy (non-hydrogen) atoms. The van der Waals surface area contributed by atoms with Gasteiger partial charge in [0.15, 0.2) is 0 Å². The number of carbonyl (C=O) groups excluding carboxylic acids is 2. The van der Waals surface area contributed by atoms with Gasteiger partial charge in [-0.25, -0.2) is 9.59 Å². The van der Waals surface area contributed by atoms with Crippen molar-refractivity contribution in [2.45, 2.75) is 19.3 Å². The first kappa shape index (κ1) is 22.9. The number of amides is 1. The van der Waals surface area contributed by atoms with Gasteiger partial charge < -0.3 is 18.9 Å². The lowest BCUT2D eigenvalue weighted by Gasteiger charge is -2.34. The molecule has 4 rings (SSSR count). The Morgan fingerprint density at radius 3 is 2.58 bits per heavy atom. The molecule has 0 radical (unpaired) electrons. The Bertz CT molecular complexity index is 1050. The fraction of sp³-hybridized carbons (Fsp3) is 0.280. The molecule has 0 aromatic heterocycles. The van der Waals surface area contributed by atoms with Crippen LogP contribution in [0.25, 0.3) is 0 Å². The highest BCUT2D eigenvalue weighted by Crippen LogP contribution is 2.44. The van der Waals surface area contributed by atoms with Crippen molar-refractivity contribution < 1.29 is 28.5 Å². The molecule has 1 amide bonds. The first-order chi connectivity index (χ1) is 16.0. The standard InChI is InChI=1S/C25H24ClNO6/c1-30-23(28)21-15-32-24(31-13-16-5-3-2-4-6-16)22-17(7-12-20(21)22)14-33-25(29)27-19-10-8-18(26)9-11-19/h2-11,15,20,22,24H,12-14H2,1H3,(H,27,29)/t20-,22-,24-/m1/s1. The third kappa shape index (κ3) is 5.56. The van der Waals surface area contributed by atoms with Gasteiger partial charge in [0.25, 0.3) is 0 Å². The van der Waals surface area contributed by atoms with Crippen molar-refractivity contribution in [3.63, 3.8) is 0 Å². The van der Waals surface area contributed by atoms with Gasteiger partial charge in [0, 0.05) is 16.6 Å². The van der Waals surface area contributed by atoms with Crippen LogP contribution in [0.3, 0.4) is 0 Å². The molecule has 172 valence electrons. The second-order valence-corrected chi connectivity index (χ2v) is 8.16. The predicted octanol–water partition coefficient (Wildman–Crippen LogP) is 5.08. The first-order valence-electron chi connectivity index (χ1n) is 10.5. The van der Waals surface area contributed by atoms with Crippen LogP contribution in [-0.4, -0.2) is 32.1 Å². The number of ether oxygens (including phenoxy) is 4. The Kier molecular flexibility index (Phi) is 7.32. The van der Waals surface area contributed by atoms with E-state index in [0.717, 1.165) is 11.1 Å². The van der Waals surface area contributed by atoms with Gasteiger partial charge in [-0.2, -0.15) is 0 Å². The van der Waals surface area contributed by atoms with E-state index >= 15 is 0 Å². The molecule has 2 aromatic rings. The van der Waals surface area contributed by atoms with Crippen molar-refractivity contribution in [1.29, 1.82) is 0 Å². The maximum Gasteiger partial charge on any atom is 0.411 e. The number of halogens is 1. The van der Waals surface area contributed by atoms with Crippen LogP contribution in [0.4, 0.5) is 10.5 Å². The molecule has 1 aliphatic heterocycles. The van der Waals surface area contributed by atoms with Crippen molar-refractivity contribution in [2.24, 2.45) is 11.8 Å². The van der Waals surface area contributed by atoms with Crippen LogP contribution in [-0.2, 0) is 30.3 Å². The van der Waals surface area contributed by atoms with Crippen molar-refractivity contribution in [1.82, 2.24) is 0 Å². The van der Waals surface area contributed by atoms with Gasteiger partial charge >= 0.3 is 12.1 Å². The van der Waals surface area contributed by atoms with Gasteiger partial charge in [0.2, 0.25) is 6.29 Å². The summed E-state index contributed by atoms with van der Waals surface area (Å²) in [5, 5.41) is 3.24. The quantitative estimate of drug-likeness (QED) is 0.449. The molecule has 8 heteroatoms. The number of hydrogen-bond acceptors (Lipinski definition) is 6. The van der Waals surface area contributed by atoms with Crippen molar-refractivity contribution in [3.8, 4) is 0 Å². The highest BCUT2D eigenvalue weighted by Gasteiger charge is 2.45. The van der Waals surface area contributed by atoms with Gasteiger partial charge in [0.05, 0.1) is 31.5 Å². The van der Waals surface area contributed by atoms with Gasteiger partial charge in [0.1, 0.15) is 6.61 Å². The Morgan fingerprint density at radius 2 is 1.85 bits per heavy atom. The molecular formula is C25H24ClNO6. The smallest absolute Gasteiger partial charge is 0.411 e. The van der Waals surface area contributed by atoms with E-state index in [1.54, 1.807) is 24.3 Å². The normalized spacial score (nSPS) is 21.2. The molecule has 1 aliphatic carbocycles. The summed E-state index contributed by atoms with van der Waals surface area (Å²) in [6.07, 6.45) is 2.77. The molecule has 2 aromatic carbocycles. The largest absolute Gasteiger partial charge is 0.471 e. The molecule has 0 spiro atoms. The molecule has 0 saturated heterocycles. The zero-order valence-corrected chi connectivity index (χ0v) is 18.8. The summed E-state index contributed by atoms with van der Waals surface area (Å²) in [6.45, 7) is 0.394. The van der Waals surface area contributed by atoms with Crippen LogP contribution in [0, 0.1) is 11.8 Å². The summed E-state index contributed by atoms with van der Waals surface area (Å²) in [5.41, 5.74) is 2.85. The van der Waals surface area contributed by atoms with E-state index in [-0.39, 0.29) is 18.4 Å². The minimum absolute atomic E-state index is 0.0452.